The van der Waals surface area contributed by atoms with E-state index in [-0.39, 0.29) is 0 Å². The van der Waals surface area contributed by atoms with Crippen molar-refractivity contribution in [3.63, 3.8) is 0 Å². The molecule has 8 heteroatoms. The quantitative estimate of drug-likeness (QED) is 0.415. The summed E-state index contributed by atoms with van der Waals surface area (Å²) in [6.45, 7) is 0. The van der Waals surface area contributed by atoms with E-state index in [0.717, 1.165) is 4.47 Å². The number of nitrogens with one attached hydrogen (secondary N) is 1. The van der Waals surface area contributed by atoms with Crippen LogP contribution in [0.1, 0.15) is 0 Å². The Labute approximate surface area is 86.9 Å². The van der Waals surface area contributed by atoms with Gasteiger partial charge in [-0.1, -0.05) is 39.7 Å². The van der Waals surface area contributed by atoms with E-state index in [4.69, 9.17) is 5.53 Å². The van der Waals surface area contributed by atoms with Crippen LogP contribution in [-0.2, 0) is 0 Å². The van der Waals surface area contributed by atoms with E-state index in [1.807, 2.05) is 30.3 Å². The molecule has 0 radical (unpaired) electrons. The Hall–Kier alpha value is -0.915. The fourth-order valence-electron chi connectivity index (χ4n) is 0.415. The van der Waals surface area contributed by atoms with E-state index in [1.165, 1.54) is 0 Å². The average Bonchev–Trinajstić information content (AvgIpc) is 2.06. The van der Waals surface area contributed by atoms with Gasteiger partial charge in [0.2, 0.25) is 0 Å². The highest BCUT2D eigenvalue weighted by molar-refractivity contribution is 9.10. The molecule has 0 amide bonds. The lowest BCUT2D eigenvalue weighted by molar-refractivity contribution is -0.249. The molecule has 80 valence electrons. The van der Waals surface area contributed by atoms with Crippen LogP contribution in [0.4, 0.5) is 17.3 Å². The zero-order chi connectivity index (χ0) is 11.6. The van der Waals surface area contributed by atoms with E-state index in [1.54, 1.807) is 0 Å². The van der Waals surface area contributed by atoms with Gasteiger partial charge in [-0.25, -0.2) is 0 Å². The van der Waals surface area contributed by atoms with Gasteiger partial charge in [0.1, 0.15) is 0 Å². The molecule has 0 fully saturated rings. The normalized spacial score (nSPS) is 8.93. The SMILES string of the molecule is Brc1ccccc1.F[B-](F)(F)F.N=[NH2+]. The lowest BCUT2D eigenvalue weighted by Gasteiger charge is -1.94. The van der Waals surface area contributed by atoms with E-state index in [2.05, 4.69) is 21.5 Å². The van der Waals surface area contributed by atoms with E-state index < -0.39 is 7.25 Å². The zero-order valence-corrected chi connectivity index (χ0v) is 8.52. The Morgan fingerprint density at radius 1 is 1.00 bits per heavy atom. The maximum Gasteiger partial charge on any atom is 0.673 e. The molecule has 0 unspecified atom stereocenters. The first kappa shape index (κ1) is 15.6. The summed E-state index contributed by atoms with van der Waals surface area (Å²) >= 11 is 3.31. The highest BCUT2D eigenvalue weighted by Gasteiger charge is 2.20. The number of nitrogens with two attached hydrogens (primary N) is 1. The Balaban J connectivity index is 0. The summed E-state index contributed by atoms with van der Waals surface area (Å²) < 4.78 is 40.1. The molecule has 0 saturated carbocycles. The molecule has 0 spiro atoms. The van der Waals surface area contributed by atoms with Gasteiger partial charge in [-0.15, -0.1) is 0 Å². The van der Waals surface area contributed by atoms with Gasteiger partial charge in [-0.3, -0.25) is 0 Å². The van der Waals surface area contributed by atoms with Crippen LogP contribution in [0.15, 0.2) is 34.8 Å². The van der Waals surface area contributed by atoms with Gasteiger partial charge < -0.3 is 17.3 Å². The zero-order valence-electron chi connectivity index (χ0n) is 6.93. The standard InChI is InChI=1S/C6H5Br.BF4.H2N2/c7-6-4-2-1-3-5-6;2-1(3,4)5;1-2/h1-5H;;1-2H/q;-1;/p+1. The molecule has 0 heterocycles. The highest BCUT2D eigenvalue weighted by Crippen LogP contribution is 2.06. The Morgan fingerprint density at radius 2 is 1.29 bits per heavy atom. The number of rotatable bonds is 0. The number of hydrogen-bond donors (Lipinski definition) is 2. The third-order valence-corrected chi connectivity index (χ3v) is 1.26. The highest BCUT2D eigenvalue weighted by atomic mass is 79.9. The first-order chi connectivity index (χ1) is 6.39. The van der Waals surface area contributed by atoms with Crippen molar-refractivity contribution < 1.29 is 22.8 Å². The van der Waals surface area contributed by atoms with Gasteiger partial charge in [-0.2, -0.15) is 5.53 Å². The molecule has 0 aliphatic carbocycles. The van der Waals surface area contributed by atoms with Crippen molar-refractivity contribution >= 4 is 23.2 Å². The smallest absolute Gasteiger partial charge is 0.418 e. The second kappa shape index (κ2) is 8.67. The lowest BCUT2D eigenvalue weighted by atomic mass is 10.3. The van der Waals surface area contributed by atoms with Crippen molar-refractivity contribution in [2.24, 2.45) is 0 Å². The Kier molecular flexibility index (Phi) is 9.63. The molecular weight excluding hydrogens is 267 g/mol. The molecule has 1 rings (SSSR count). The van der Waals surface area contributed by atoms with Crippen LogP contribution in [0.2, 0.25) is 0 Å². The van der Waals surface area contributed by atoms with Gasteiger partial charge in [0.15, 0.2) is 0 Å². The second-order valence-electron chi connectivity index (χ2n) is 1.79. The minimum atomic E-state index is -6.00. The van der Waals surface area contributed by atoms with Crippen molar-refractivity contribution in [2.45, 2.75) is 0 Å². The fourth-order valence-corrected chi connectivity index (χ4v) is 0.720. The summed E-state index contributed by atoms with van der Waals surface area (Å²) in [5.74, 6) is 0. The van der Waals surface area contributed by atoms with E-state index in [9.17, 15) is 17.3 Å². The van der Waals surface area contributed by atoms with Crippen LogP contribution in [0, 0.1) is 5.53 Å². The maximum atomic E-state index is 9.75. The van der Waals surface area contributed by atoms with Crippen LogP contribution in [-0.4, -0.2) is 7.25 Å². The van der Waals surface area contributed by atoms with Crippen LogP contribution in [0.3, 0.4) is 0 Å². The molecule has 2 nitrogen and oxygen atoms in total. The third kappa shape index (κ3) is 22.5. The molecule has 0 saturated heterocycles. The molecule has 0 aliphatic rings. The van der Waals surface area contributed by atoms with Crippen LogP contribution in [0.5, 0.6) is 0 Å². The summed E-state index contributed by atoms with van der Waals surface area (Å²) in [5, 5.41) is 0. The average molecular weight is 275 g/mol. The van der Waals surface area contributed by atoms with Gasteiger partial charge >= 0.3 is 7.25 Å². The molecule has 1 aromatic rings. The maximum absolute atomic E-state index is 9.75. The van der Waals surface area contributed by atoms with Crippen molar-refractivity contribution in [2.75, 3.05) is 0 Å². The van der Waals surface area contributed by atoms with Crippen LogP contribution >= 0.6 is 15.9 Å². The summed E-state index contributed by atoms with van der Waals surface area (Å²) in [4.78, 5) is 0. The summed E-state index contributed by atoms with van der Waals surface area (Å²) in [6, 6.07) is 9.97. The number of halogens is 5. The van der Waals surface area contributed by atoms with Gasteiger partial charge in [0.25, 0.3) is 0 Å². The predicted octanol–water partition coefficient (Wildman–Crippen LogP) is 2.53. The second-order valence-corrected chi connectivity index (χ2v) is 2.71. The topological polar surface area (TPSA) is 49.4 Å². The Morgan fingerprint density at radius 3 is 1.43 bits per heavy atom. The largest absolute Gasteiger partial charge is 0.673 e. The van der Waals surface area contributed by atoms with E-state index >= 15 is 0 Å². The van der Waals surface area contributed by atoms with Crippen molar-refractivity contribution in [1.82, 2.24) is 0 Å². The van der Waals surface area contributed by atoms with Crippen molar-refractivity contribution in [1.29, 1.82) is 5.53 Å². The molecule has 0 atom stereocenters. The molecule has 1 aromatic carbocycles. The predicted molar refractivity (Wildman–Crippen MR) is 49.0 cm³/mol. The molecule has 0 bridgehead atoms. The number of benzene rings is 1. The van der Waals surface area contributed by atoms with E-state index in [0.29, 0.717) is 0 Å². The minimum absolute atomic E-state index is 1.13. The van der Waals surface area contributed by atoms with Crippen molar-refractivity contribution in [3.8, 4) is 0 Å². The minimum Gasteiger partial charge on any atom is -0.418 e. The summed E-state index contributed by atoms with van der Waals surface area (Å²) in [6.07, 6.45) is 0. The summed E-state index contributed by atoms with van der Waals surface area (Å²) in [7, 11) is -6.00. The molecule has 0 aliphatic heterocycles. The monoisotopic (exact) mass is 274 g/mol. The molecule has 14 heavy (non-hydrogen) atoms. The fraction of sp³-hybridized carbons (Fsp3) is 0. The van der Waals surface area contributed by atoms with Gasteiger partial charge in [0, 0.05) is 4.47 Å². The molecule has 3 N–H and O–H groups in total. The summed E-state index contributed by atoms with van der Waals surface area (Å²) in [5.41, 5.74) is 9.00. The molecule has 0 aromatic heterocycles. The number of hydrogen-bond acceptors (Lipinski definition) is 1. The van der Waals surface area contributed by atoms with Crippen LogP contribution in [0.25, 0.3) is 0 Å². The van der Waals surface area contributed by atoms with Crippen LogP contribution < -0.4 is 5.53 Å². The Bertz CT molecular complexity index is 225. The van der Waals surface area contributed by atoms with Gasteiger partial charge in [0.05, 0.1) is 0 Å². The van der Waals surface area contributed by atoms with Crippen molar-refractivity contribution in [3.05, 3.63) is 34.8 Å². The molecular formula is C6H8BBrF4N2. The first-order valence-electron chi connectivity index (χ1n) is 3.26. The third-order valence-electron chi connectivity index (χ3n) is 0.733. The van der Waals surface area contributed by atoms with Gasteiger partial charge in [-0.05, 0) is 12.1 Å². The first-order valence-corrected chi connectivity index (χ1v) is 4.05. The lowest BCUT2D eigenvalue weighted by Crippen LogP contribution is -2.17.